The number of carbonyl (C=O) groups is 1. The van der Waals surface area contributed by atoms with Crippen LogP contribution < -0.4 is 17.0 Å². The molecule has 1 aromatic carbocycles. The number of hydrogen-bond acceptors (Lipinski definition) is 4. The average molecular weight is 490 g/mol. The van der Waals surface area contributed by atoms with Crippen LogP contribution in [0, 0.1) is 13.8 Å². The summed E-state index contributed by atoms with van der Waals surface area (Å²) in [6, 6.07) is 22.1. The maximum Gasteiger partial charge on any atom is 0.237 e. The molecule has 0 aliphatic carbocycles. The number of benzene rings is 1. The maximum atomic E-state index is 12.6. The number of ketones is 1. The molecule has 0 aliphatic rings. The molecule has 0 radical (unpaired) electrons. The number of hydrogen-bond donors (Lipinski definition) is 0. The number of aryl methyl sites for hydroxylation is 2. The van der Waals surface area contributed by atoms with Crippen molar-refractivity contribution in [3.8, 4) is 16.9 Å². The molecule has 5 aromatic rings. The quantitative estimate of drug-likeness (QED) is 0.258. The summed E-state index contributed by atoms with van der Waals surface area (Å²) in [7, 11) is 0. The minimum atomic E-state index is 0. The lowest BCUT2D eigenvalue weighted by molar-refractivity contribution is -0.682. The molecule has 172 valence electrons. The van der Waals surface area contributed by atoms with Crippen LogP contribution >= 0.6 is 11.3 Å². The van der Waals surface area contributed by atoms with Crippen molar-refractivity contribution in [3.05, 3.63) is 106 Å². The van der Waals surface area contributed by atoms with Crippen LogP contribution in [0.25, 0.3) is 16.9 Å². The molecule has 0 spiro atoms. The molecule has 8 heteroatoms. The van der Waals surface area contributed by atoms with Gasteiger partial charge in [-0.05, 0) is 55.6 Å². The van der Waals surface area contributed by atoms with Gasteiger partial charge in [0.05, 0.1) is 39.8 Å². The highest BCUT2D eigenvalue weighted by atomic mass is 35.5. The van der Waals surface area contributed by atoms with Crippen LogP contribution in [0.4, 0.5) is 0 Å². The standard InChI is InChI=1S/C26H24N5OS.ClH/c1-19-14-20(2)30(27-19)17-22-15-24(31(28-22)23-9-4-3-5-10-23)21-8-6-12-29(16-21)18-25(32)26-11-7-13-33-26;/h3-16H,17-18H2,1-2H3;1H/q+1;/p-1. The number of nitrogens with zero attached hydrogens (tertiary/aromatic N) is 5. The Labute approximate surface area is 208 Å². The molecular weight excluding hydrogens is 466 g/mol. The predicted molar refractivity (Wildman–Crippen MR) is 129 cm³/mol. The van der Waals surface area contributed by atoms with Crippen LogP contribution in [-0.2, 0) is 13.1 Å². The van der Waals surface area contributed by atoms with Crippen molar-refractivity contribution in [2.24, 2.45) is 0 Å². The topological polar surface area (TPSA) is 56.6 Å². The van der Waals surface area contributed by atoms with Gasteiger partial charge in [-0.3, -0.25) is 9.48 Å². The Balaban J connectivity index is 0.00000274. The zero-order valence-electron chi connectivity index (χ0n) is 18.9. The molecule has 0 unspecified atom stereocenters. The van der Waals surface area contributed by atoms with Gasteiger partial charge in [-0.2, -0.15) is 14.8 Å². The van der Waals surface area contributed by atoms with E-state index in [-0.39, 0.29) is 18.2 Å². The van der Waals surface area contributed by atoms with Crippen molar-refractivity contribution in [1.82, 2.24) is 19.6 Å². The molecule has 6 nitrogen and oxygen atoms in total. The van der Waals surface area contributed by atoms with Crippen LogP contribution in [-0.4, -0.2) is 25.3 Å². The highest BCUT2D eigenvalue weighted by molar-refractivity contribution is 7.12. The third kappa shape index (κ3) is 5.00. The normalized spacial score (nSPS) is 10.8. The summed E-state index contributed by atoms with van der Waals surface area (Å²) < 4.78 is 5.86. The number of pyridine rings is 1. The molecule has 0 bridgehead atoms. The van der Waals surface area contributed by atoms with E-state index in [0.717, 1.165) is 38.9 Å². The fourth-order valence-electron chi connectivity index (χ4n) is 3.92. The van der Waals surface area contributed by atoms with E-state index in [0.29, 0.717) is 13.1 Å². The van der Waals surface area contributed by atoms with Gasteiger partial charge in [-0.15, -0.1) is 11.3 Å². The van der Waals surface area contributed by atoms with E-state index in [1.54, 1.807) is 0 Å². The molecule has 0 saturated carbocycles. The van der Waals surface area contributed by atoms with E-state index in [1.807, 2.05) is 87.2 Å². The summed E-state index contributed by atoms with van der Waals surface area (Å²) >= 11 is 1.47. The Kier molecular flexibility index (Phi) is 7.05. The minimum absolute atomic E-state index is 0. The number of para-hydroxylation sites is 1. The summed E-state index contributed by atoms with van der Waals surface area (Å²) in [5.74, 6) is 0.105. The first-order valence-electron chi connectivity index (χ1n) is 10.8. The fourth-order valence-corrected chi connectivity index (χ4v) is 4.58. The van der Waals surface area contributed by atoms with Crippen molar-refractivity contribution in [1.29, 1.82) is 0 Å². The smallest absolute Gasteiger partial charge is 0.237 e. The van der Waals surface area contributed by atoms with Gasteiger partial charge in [0.2, 0.25) is 12.3 Å². The van der Waals surface area contributed by atoms with Gasteiger partial charge in [0.15, 0.2) is 12.4 Å². The Morgan fingerprint density at radius 2 is 1.82 bits per heavy atom. The monoisotopic (exact) mass is 489 g/mol. The molecule has 0 atom stereocenters. The van der Waals surface area contributed by atoms with E-state index >= 15 is 0 Å². The third-order valence-electron chi connectivity index (χ3n) is 5.45. The van der Waals surface area contributed by atoms with Gasteiger partial charge in [-0.25, -0.2) is 4.68 Å². The second-order valence-electron chi connectivity index (χ2n) is 8.02. The van der Waals surface area contributed by atoms with E-state index in [9.17, 15) is 4.79 Å². The molecule has 0 amide bonds. The average Bonchev–Trinajstić information content (AvgIpc) is 3.56. The Morgan fingerprint density at radius 1 is 1.00 bits per heavy atom. The van der Waals surface area contributed by atoms with Crippen molar-refractivity contribution in [2.45, 2.75) is 26.9 Å². The van der Waals surface area contributed by atoms with Crippen LogP contribution in [0.15, 0.2) is 84.5 Å². The van der Waals surface area contributed by atoms with Gasteiger partial charge >= 0.3 is 0 Å². The van der Waals surface area contributed by atoms with Gasteiger partial charge in [0.25, 0.3) is 0 Å². The zero-order valence-corrected chi connectivity index (χ0v) is 20.5. The number of halogens is 1. The predicted octanol–water partition coefficient (Wildman–Crippen LogP) is 1.64. The van der Waals surface area contributed by atoms with Crippen LogP contribution in [0.1, 0.15) is 26.8 Å². The number of rotatable bonds is 7. The first kappa shape index (κ1) is 23.6. The SMILES string of the molecule is Cc1cc(C)n(Cc2cc(-c3ccc[n+](CC(=O)c4cccs4)c3)n(-c3ccccc3)n2)n1.[Cl-]. The first-order chi connectivity index (χ1) is 16.1. The lowest BCUT2D eigenvalue weighted by Crippen LogP contribution is -3.00. The van der Waals surface area contributed by atoms with E-state index in [1.165, 1.54) is 11.3 Å². The van der Waals surface area contributed by atoms with E-state index in [4.69, 9.17) is 5.10 Å². The molecule has 0 fully saturated rings. The molecule has 5 rings (SSSR count). The lowest BCUT2D eigenvalue weighted by Gasteiger charge is -2.07. The molecule has 0 saturated heterocycles. The minimum Gasteiger partial charge on any atom is -1.00 e. The maximum absolute atomic E-state index is 12.6. The van der Waals surface area contributed by atoms with Crippen molar-refractivity contribution >= 4 is 17.1 Å². The Bertz CT molecular complexity index is 1410. The largest absolute Gasteiger partial charge is 1.00 e. The van der Waals surface area contributed by atoms with Gasteiger partial charge in [-0.1, -0.05) is 24.3 Å². The van der Waals surface area contributed by atoms with E-state index in [2.05, 4.69) is 30.2 Å². The molecule has 4 aromatic heterocycles. The van der Waals surface area contributed by atoms with Gasteiger partial charge < -0.3 is 12.4 Å². The Hall–Kier alpha value is -3.55. The molecule has 0 N–H and O–H groups in total. The number of carbonyl (C=O) groups excluding carboxylic acids is 1. The van der Waals surface area contributed by atoms with Gasteiger partial charge in [0, 0.05) is 11.8 Å². The van der Waals surface area contributed by atoms with E-state index < -0.39 is 0 Å². The fraction of sp³-hybridized carbons (Fsp3) is 0.154. The molecule has 34 heavy (non-hydrogen) atoms. The van der Waals surface area contributed by atoms with Crippen LogP contribution in [0.3, 0.4) is 0 Å². The van der Waals surface area contributed by atoms with Crippen LogP contribution in [0.2, 0.25) is 0 Å². The summed E-state index contributed by atoms with van der Waals surface area (Å²) in [6.07, 6.45) is 3.93. The highest BCUT2D eigenvalue weighted by Gasteiger charge is 2.18. The summed E-state index contributed by atoms with van der Waals surface area (Å²) in [5, 5.41) is 11.4. The number of thiophene rings is 1. The first-order valence-corrected chi connectivity index (χ1v) is 11.7. The number of Topliss-reactive ketones (excluding diaryl/α,β-unsaturated/α-hetero) is 1. The second kappa shape index (κ2) is 10.2. The third-order valence-corrected chi connectivity index (χ3v) is 6.36. The molecule has 4 heterocycles. The van der Waals surface area contributed by atoms with Crippen molar-refractivity contribution < 1.29 is 21.8 Å². The summed E-state index contributed by atoms with van der Waals surface area (Å²) in [4.78, 5) is 13.4. The molecule has 0 aliphatic heterocycles. The van der Waals surface area contributed by atoms with Crippen molar-refractivity contribution in [3.63, 3.8) is 0 Å². The molecular formula is C26H24ClN5OS. The Morgan fingerprint density at radius 3 is 2.53 bits per heavy atom. The zero-order chi connectivity index (χ0) is 22.8. The summed E-state index contributed by atoms with van der Waals surface area (Å²) in [5.41, 5.74) is 5.97. The lowest BCUT2D eigenvalue weighted by atomic mass is 10.2. The van der Waals surface area contributed by atoms with Crippen molar-refractivity contribution in [2.75, 3.05) is 0 Å². The summed E-state index contributed by atoms with van der Waals surface area (Å²) in [6.45, 7) is 4.94. The van der Waals surface area contributed by atoms with Crippen LogP contribution in [0.5, 0.6) is 0 Å². The van der Waals surface area contributed by atoms with Gasteiger partial charge in [0.1, 0.15) is 0 Å². The number of aromatic nitrogens is 5. The second-order valence-corrected chi connectivity index (χ2v) is 8.97. The highest BCUT2D eigenvalue weighted by Crippen LogP contribution is 2.24.